The Morgan fingerprint density at radius 2 is 2.67 bits per heavy atom. The summed E-state index contributed by atoms with van der Waals surface area (Å²) in [7, 11) is 0. The van der Waals surface area contributed by atoms with Gasteiger partial charge in [0.05, 0.1) is 12.8 Å². The maximum absolute atomic E-state index is 8.08. The molecule has 0 saturated carbocycles. The number of allylic oxidation sites excluding steroid dienone is 2. The number of oxime groups is 1. The molecular weight excluding hydrogens is 116 g/mol. The van der Waals surface area contributed by atoms with Gasteiger partial charge in [-0.3, -0.25) is 5.32 Å². The summed E-state index contributed by atoms with van der Waals surface area (Å²) in [5.74, 6) is 0. The molecule has 0 aromatic carbocycles. The van der Waals surface area contributed by atoms with Crippen LogP contribution >= 0.6 is 0 Å². The van der Waals surface area contributed by atoms with Crippen LogP contribution in [0.15, 0.2) is 29.1 Å². The topological polar surface area (TPSA) is 46.7 Å². The molecule has 3 heteroatoms. The molecule has 0 aromatic rings. The van der Waals surface area contributed by atoms with Gasteiger partial charge in [-0.15, -0.1) is 0 Å². The summed E-state index contributed by atoms with van der Waals surface area (Å²) < 4.78 is 0. The normalized spacial score (nSPS) is 17.6. The summed E-state index contributed by atoms with van der Waals surface area (Å²) in [6, 6.07) is 0. The smallest absolute Gasteiger partial charge is 0.0712 e. The lowest BCUT2D eigenvalue weighted by Gasteiger charge is -2.00. The van der Waals surface area contributed by atoms with E-state index in [9.17, 15) is 0 Å². The Morgan fingerprint density at radius 3 is 3.22 bits per heavy atom. The van der Waals surface area contributed by atoms with Crippen molar-refractivity contribution < 1.29 is 5.21 Å². The molecule has 0 spiro atoms. The summed E-state index contributed by atoms with van der Waals surface area (Å²) in [5.41, 5.74) is 0.917. The molecule has 1 aliphatic heterocycles. The second-order valence-corrected chi connectivity index (χ2v) is 1.67. The van der Waals surface area contributed by atoms with Crippen molar-refractivity contribution in [1.29, 1.82) is 0 Å². The van der Waals surface area contributed by atoms with Crippen LogP contribution in [0, 0.1) is 0 Å². The highest BCUT2D eigenvalue weighted by molar-refractivity contribution is 5.79. The van der Waals surface area contributed by atoms with E-state index in [0.29, 0.717) is 6.54 Å². The van der Waals surface area contributed by atoms with Crippen LogP contribution in [0.1, 0.15) is 0 Å². The fourth-order valence-electron chi connectivity index (χ4n) is 0.596. The molecule has 1 aliphatic rings. The highest BCUT2D eigenvalue weighted by Gasteiger charge is 1.94. The molecule has 47 valence electrons. The zero-order valence-electron chi connectivity index (χ0n) is 4.86. The molecule has 0 atom stereocenters. The van der Waals surface area contributed by atoms with E-state index in [2.05, 4.69) is 10.5 Å². The highest BCUT2D eigenvalue weighted by atomic mass is 16.4. The quantitative estimate of drug-likeness (QED) is 0.308. The Labute approximate surface area is 53.4 Å². The average Bonchev–Trinajstić information content (AvgIpc) is 1.91. The van der Waals surface area contributed by atoms with E-state index in [1.54, 1.807) is 12.3 Å². The van der Waals surface area contributed by atoms with Crippen LogP contribution in [0.4, 0.5) is 0 Å². The highest BCUT2D eigenvalue weighted by Crippen LogP contribution is 1.94. The predicted molar refractivity (Wildman–Crippen MR) is 34.5 cm³/mol. The first-order valence-electron chi connectivity index (χ1n) is 2.63. The van der Waals surface area contributed by atoms with E-state index in [0.717, 1.165) is 5.57 Å². The molecule has 1 heterocycles. The SMILES string of the molecule is O/N=C\C1=CC=C[N]C1. The number of nitrogens with zero attached hydrogens (tertiary/aromatic N) is 2. The monoisotopic (exact) mass is 123 g/mol. The molecular formula is C6H7N2O. The number of hydrogen-bond donors (Lipinski definition) is 1. The molecule has 1 N–H and O–H groups in total. The molecule has 0 fully saturated rings. The van der Waals surface area contributed by atoms with Gasteiger partial charge in [0, 0.05) is 6.20 Å². The molecule has 0 bridgehead atoms. The minimum Gasteiger partial charge on any atom is -0.411 e. The van der Waals surface area contributed by atoms with Crippen molar-refractivity contribution in [3.05, 3.63) is 23.9 Å². The first kappa shape index (κ1) is 5.88. The van der Waals surface area contributed by atoms with E-state index in [4.69, 9.17) is 5.21 Å². The molecule has 0 saturated heterocycles. The van der Waals surface area contributed by atoms with Gasteiger partial charge in [-0.25, -0.2) is 0 Å². The third-order valence-electron chi connectivity index (χ3n) is 0.999. The summed E-state index contributed by atoms with van der Waals surface area (Å²) >= 11 is 0. The Kier molecular flexibility index (Phi) is 1.90. The third-order valence-corrected chi connectivity index (χ3v) is 0.999. The second kappa shape index (κ2) is 2.91. The van der Waals surface area contributed by atoms with Crippen molar-refractivity contribution in [2.45, 2.75) is 0 Å². The van der Waals surface area contributed by atoms with Gasteiger partial charge in [-0.2, -0.15) is 0 Å². The fraction of sp³-hybridized carbons (Fsp3) is 0.167. The van der Waals surface area contributed by atoms with Crippen molar-refractivity contribution >= 4 is 6.21 Å². The molecule has 0 aliphatic carbocycles. The minimum absolute atomic E-state index is 0.612. The van der Waals surface area contributed by atoms with Gasteiger partial charge in [0.2, 0.25) is 0 Å². The zero-order valence-corrected chi connectivity index (χ0v) is 4.86. The van der Waals surface area contributed by atoms with Crippen LogP contribution in [0.3, 0.4) is 0 Å². The van der Waals surface area contributed by atoms with Crippen molar-refractivity contribution in [2.24, 2.45) is 5.16 Å². The van der Waals surface area contributed by atoms with Crippen LogP contribution in [0.25, 0.3) is 0 Å². The number of hydrogen-bond acceptors (Lipinski definition) is 2. The molecule has 0 amide bonds. The molecule has 0 unspecified atom stereocenters. The molecule has 1 radical (unpaired) electrons. The standard InChI is InChI=1S/C6H7N2O/c9-8-5-6-2-1-3-7-4-6/h1-3,5,9H,4H2/b8-5-. The van der Waals surface area contributed by atoms with Gasteiger partial charge < -0.3 is 5.21 Å². The maximum atomic E-state index is 8.08. The van der Waals surface area contributed by atoms with Gasteiger partial charge in [0.15, 0.2) is 0 Å². The minimum atomic E-state index is 0.612. The van der Waals surface area contributed by atoms with E-state index in [-0.39, 0.29) is 0 Å². The van der Waals surface area contributed by atoms with Crippen molar-refractivity contribution in [3.8, 4) is 0 Å². The first-order chi connectivity index (χ1) is 4.43. The Hall–Kier alpha value is -1.25. The Morgan fingerprint density at radius 1 is 1.78 bits per heavy atom. The Balaban J connectivity index is 2.57. The lowest BCUT2D eigenvalue weighted by atomic mass is 10.2. The van der Waals surface area contributed by atoms with Gasteiger partial charge in [-0.05, 0) is 11.6 Å². The van der Waals surface area contributed by atoms with Crippen LogP contribution in [-0.4, -0.2) is 18.0 Å². The molecule has 0 aromatic heterocycles. The summed E-state index contributed by atoms with van der Waals surface area (Å²) in [6.45, 7) is 0.612. The van der Waals surface area contributed by atoms with Gasteiger partial charge in [-0.1, -0.05) is 11.2 Å². The molecule has 1 rings (SSSR count). The summed E-state index contributed by atoms with van der Waals surface area (Å²) in [5, 5.41) is 14.9. The lowest BCUT2D eigenvalue weighted by molar-refractivity contribution is 0.321. The van der Waals surface area contributed by atoms with Crippen LogP contribution in [0.2, 0.25) is 0 Å². The average molecular weight is 123 g/mol. The summed E-state index contributed by atoms with van der Waals surface area (Å²) in [4.78, 5) is 0. The van der Waals surface area contributed by atoms with E-state index in [1.807, 2.05) is 6.08 Å². The predicted octanol–water partition coefficient (Wildman–Crippen LogP) is 0.504. The van der Waals surface area contributed by atoms with Crippen LogP contribution in [0.5, 0.6) is 0 Å². The second-order valence-electron chi connectivity index (χ2n) is 1.67. The third kappa shape index (κ3) is 1.60. The van der Waals surface area contributed by atoms with Crippen LogP contribution in [-0.2, 0) is 0 Å². The maximum Gasteiger partial charge on any atom is 0.0712 e. The zero-order chi connectivity index (χ0) is 6.53. The fourth-order valence-corrected chi connectivity index (χ4v) is 0.596. The van der Waals surface area contributed by atoms with Crippen molar-refractivity contribution in [2.75, 3.05) is 6.54 Å². The first-order valence-corrected chi connectivity index (χ1v) is 2.63. The van der Waals surface area contributed by atoms with Crippen molar-refractivity contribution in [3.63, 3.8) is 0 Å². The Bertz CT molecular complexity index is 170. The lowest BCUT2D eigenvalue weighted by Crippen LogP contribution is -2.06. The van der Waals surface area contributed by atoms with E-state index < -0.39 is 0 Å². The van der Waals surface area contributed by atoms with Gasteiger partial charge in [0.25, 0.3) is 0 Å². The van der Waals surface area contributed by atoms with Gasteiger partial charge >= 0.3 is 0 Å². The summed E-state index contributed by atoms with van der Waals surface area (Å²) in [6.07, 6.45) is 6.76. The van der Waals surface area contributed by atoms with Crippen molar-refractivity contribution in [1.82, 2.24) is 5.32 Å². The van der Waals surface area contributed by atoms with E-state index in [1.165, 1.54) is 6.21 Å². The number of rotatable bonds is 1. The largest absolute Gasteiger partial charge is 0.411 e. The molecule has 3 nitrogen and oxygen atoms in total. The molecule has 9 heavy (non-hydrogen) atoms. The van der Waals surface area contributed by atoms with Crippen LogP contribution < -0.4 is 5.32 Å². The van der Waals surface area contributed by atoms with Gasteiger partial charge in [0.1, 0.15) is 0 Å². The van der Waals surface area contributed by atoms with E-state index >= 15 is 0 Å².